The number of hydrogen-bond acceptors (Lipinski definition) is 4. The fraction of sp³-hybridized carbons (Fsp3) is 0.562. The maximum absolute atomic E-state index is 13.0. The zero-order valence-electron chi connectivity index (χ0n) is 13.7. The summed E-state index contributed by atoms with van der Waals surface area (Å²) in [6, 6.07) is 3.69. The molecule has 1 amide bonds. The molecule has 0 spiro atoms. The summed E-state index contributed by atoms with van der Waals surface area (Å²) in [6.45, 7) is 9.53. The number of carbonyl (C=O) groups is 1. The van der Waals surface area contributed by atoms with Gasteiger partial charge in [0.25, 0.3) is 0 Å². The first-order chi connectivity index (χ1) is 10.1. The van der Waals surface area contributed by atoms with Crippen molar-refractivity contribution in [2.24, 2.45) is 0 Å². The van der Waals surface area contributed by atoms with Gasteiger partial charge in [0.15, 0.2) is 0 Å². The van der Waals surface area contributed by atoms with Crippen molar-refractivity contribution in [2.45, 2.75) is 52.3 Å². The normalized spacial score (nSPS) is 14.3. The number of halogens is 1. The van der Waals surface area contributed by atoms with Gasteiger partial charge in [0.05, 0.1) is 0 Å². The Morgan fingerprint density at radius 1 is 1.36 bits per heavy atom. The van der Waals surface area contributed by atoms with Gasteiger partial charge in [-0.05, 0) is 40.7 Å². The molecule has 0 aliphatic carbocycles. The van der Waals surface area contributed by atoms with Crippen LogP contribution in [0.4, 0.5) is 9.18 Å². The van der Waals surface area contributed by atoms with Crippen LogP contribution in [0, 0.1) is 5.82 Å². The van der Waals surface area contributed by atoms with Crippen molar-refractivity contribution >= 4 is 6.09 Å². The Morgan fingerprint density at radius 2 is 2.00 bits per heavy atom. The quantitative estimate of drug-likeness (QED) is 0.781. The summed E-state index contributed by atoms with van der Waals surface area (Å²) >= 11 is 0. The second-order valence-electron chi connectivity index (χ2n) is 6.38. The molecule has 0 aliphatic heterocycles. The van der Waals surface area contributed by atoms with Crippen molar-refractivity contribution in [3.63, 3.8) is 0 Å². The fourth-order valence-electron chi connectivity index (χ4n) is 2.01. The number of amides is 1. The predicted octanol–water partition coefficient (Wildman–Crippen LogP) is 3.10. The van der Waals surface area contributed by atoms with E-state index in [0.717, 1.165) is 6.07 Å². The Kier molecular flexibility index (Phi) is 6.17. The van der Waals surface area contributed by atoms with E-state index in [1.165, 1.54) is 12.1 Å². The Bertz CT molecular complexity index is 515. The SMILES string of the molecule is CC(CNC(=O)OC(C)(C)C)NC(C)c1ccc(F)cc1O. The van der Waals surface area contributed by atoms with Gasteiger partial charge < -0.3 is 20.5 Å². The van der Waals surface area contributed by atoms with Crippen molar-refractivity contribution in [3.05, 3.63) is 29.6 Å². The lowest BCUT2D eigenvalue weighted by molar-refractivity contribution is 0.0522. The first-order valence-electron chi connectivity index (χ1n) is 7.30. The molecule has 0 aliphatic rings. The Hall–Kier alpha value is -1.82. The van der Waals surface area contributed by atoms with Gasteiger partial charge in [0, 0.05) is 30.3 Å². The summed E-state index contributed by atoms with van der Waals surface area (Å²) in [7, 11) is 0. The molecular formula is C16H25FN2O3. The first kappa shape index (κ1) is 18.2. The van der Waals surface area contributed by atoms with Crippen molar-refractivity contribution in [1.29, 1.82) is 0 Å². The molecule has 2 unspecified atom stereocenters. The molecule has 0 saturated heterocycles. The molecule has 1 rings (SSSR count). The average Bonchev–Trinajstić information content (AvgIpc) is 2.34. The van der Waals surface area contributed by atoms with E-state index in [4.69, 9.17) is 4.74 Å². The molecule has 0 aromatic heterocycles. The Labute approximate surface area is 130 Å². The van der Waals surface area contributed by atoms with E-state index in [9.17, 15) is 14.3 Å². The lowest BCUT2D eigenvalue weighted by atomic mass is 10.1. The maximum atomic E-state index is 13.0. The number of phenols is 1. The monoisotopic (exact) mass is 312 g/mol. The van der Waals surface area contributed by atoms with Crippen LogP contribution in [0.2, 0.25) is 0 Å². The molecule has 124 valence electrons. The van der Waals surface area contributed by atoms with Crippen LogP contribution in [-0.4, -0.2) is 29.4 Å². The van der Waals surface area contributed by atoms with Gasteiger partial charge >= 0.3 is 6.09 Å². The van der Waals surface area contributed by atoms with E-state index in [1.54, 1.807) is 20.8 Å². The number of aromatic hydroxyl groups is 1. The molecule has 0 heterocycles. The van der Waals surface area contributed by atoms with Gasteiger partial charge in [0.1, 0.15) is 17.2 Å². The van der Waals surface area contributed by atoms with Gasteiger partial charge in [-0.2, -0.15) is 0 Å². The summed E-state index contributed by atoms with van der Waals surface area (Å²) in [5.74, 6) is -0.569. The minimum Gasteiger partial charge on any atom is -0.508 e. The highest BCUT2D eigenvalue weighted by Gasteiger charge is 2.18. The van der Waals surface area contributed by atoms with E-state index < -0.39 is 17.5 Å². The summed E-state index contributed by atoms with van der Waals surface area (Å²) < 4.78 is 18.1. The van der Waals surface area contributed by atoms with Crippen molar-refractivity contribution < 1.29 is 19.0 Å². The highest BCUT2D eigenvalue weighted by atomic mass is 19.1. The Balaban J connectivity index is 2.47. The van der Waals surface area contributed by atoms with Gasteiger partial charge in [0.2, 0.25) is 0 Å². The molecule has 0 radical (unpaired) electrons. The van der Waals surface area contributed by atoms with Crippen molar-refractivity contribution in [3.8, 4) is 5.75 Å². The zero-order chi connectivity index (χ0) is 16.9. The van der Waals surface area contributed by atoms with Gasteiger partial charge in [-0.3, -0.25) is 0 Å². The molecule has 0 saturated carbocycles. The minimum absolute atomic E-state index is 0.0491. The van der Waals surface area contributed by atoms with Crippen LogP contribution in [0.15, 0.2) is 18.2 Å². The Morgan fingerprint density at radius 3 is 2.55 bits per heavy atom. The van der Waals surface area contributed by atoms with Gasteiger partial charge in [-0.15, -0.1) is 0 Å². The number of hydrogen-bond donors (Lipinski definition) is 3. The number of ether oxygens (including phenoxy) is 1. The maximum Gasteiger partial charge on any atom is 0.407 e. The van der Waals surface area contributed by atoms with Crippen LogP contribution in [0.25, 0.3) is 0 Å². The average molecular weight is 312 g/mol. The molecule has 6 heteroatoms. The molecule has 1 aromatic carbocycles. The third kappa shape index (κ3) is 6.30. The lowest BCUT2D eigenvalue weighted by Crippen LogP contribution is -2.41. The van der Waals surface area contributed by atoms with Crippen LogP contribution < -0.4 is 10.6 Å². The topological polar surface area (TPSA) is 70.6 Å². The molecule has 1 aromatic rings. The van der Waals surface area contributed by atoms with Crippen LogP contribution in [-0.2, 0) is 4.74 Å². The third-order valence-corrected chi connectivity index (χ3v) is 2.94. The number of alkyl carbamates (subject to hydrolysis) is 1. The second kappa shape index (κ2) is 7.45. The largest absolute Gasteiger partial charge is 0.508 e. The number of nitrogens with one attached hydrogen (secondary N) is 2. The zero-order valence-corrected chi connectivity index (χ0v) is 13.7. The molecule has 0 fully saturated rings. The van der Waals surface area contributed by atoms with E-state index in [2.05, 4.69) is 10.6 Å². The van der Waals surface area contributed by atoms with Gasteiger partial charge in [-0.1, -0.05) is 6.07 Å². The standard InChI is InChI=1S/C16H25FN2O3/c1-10(9-18-15(21)22-16(3,4)5)19-11(2)13-7-6-12(17)8-14(13)20/h6-8,10-11,19-20H,9H2,1-5H3,(H,18,21). The fourth-order valence-corrected chi connectivity index (χ4v) is 2.01. The summed E-state index contributed by atoms with van der Waals surface area (Å²) in [4.78, 5) is 11.6. The van der Waals surface area contributed by atoms with Crippen LogP contribution >= 0.6 is 0 Å². The minimum atomic E-state index is -0.534. The summed E-state index contributed by atoms with van der Waals surface area (Å²) in [5.41, 5.74) is 0.0685. The molecule has 22 heavy (non-hydrogen) atoms. The predicted molar refractivity (Wildman–Crippen MR) is 83.3 cm³/mol. The smallest absolute Gasteiger partial charge is 0.407 e. The number of rotatable bonds is 5. The first-order valence-corrected chi connectivity index (χ1v) is 7.30. The molecule has 0 bridgehead atoms. The van der Waals surface area contributed by atoms with E-state index in [-0.39, 0.29) is 17.8 Å². The summed E-state index contributed by atoms with van der Waals surface area (Å²) in [5, 5.41) is 15.6. The van der Waals surface area contributed by atoms with E-state index in [1.807, 2.05) is 13.8 Å². The highest BCUT2D eigenvalue weighted by Crippen LogP contribution is 2.24. The lowest BCUT2D eigenvalue weighted by Gasteiger charge is -2.23. The van der Waals surface area contributed by atoms with Crippen molar-refractivity contribution in [1.82, 2.24) is 10.6 Å². The van der Waals surface area contributed by atoms with E-state index in [0.29, 0.717) is 12.1 Å². The highest BCUT2D eigenvalue weighted by molar-refractivity contribution is 5.67. The van der Waals surface area contributed by atoms with Gasteiger partial charge in [-0.25, -0.2) is 9.18 Å². The van der Waals surface area contributed by atoms with Crippen LogP contribution in [0.3, 0.4) is 0 Å². The second-order valence-corrected chi connectivity index (χ2v) is 6.38. The van der Waals surface area contributed by atoms with Crippen LogP contribution in [0.5, 0.6) is 5.75 Å². The molecule has 2 atom stereocenters. The number of carbonyl (C=O) groups excluding carboxylic acids is 1. The van der Waals surface area contributed by atoms with Crippen molar-refractivity contribution in [2.75, 3.05) is 6.54 Å². The third-order valence-electron chi connectivity index (χ3n) is 2.94. The van der Waals surface area contributed by atoms with Crippen LogP contribution in [0.1, 0.15) is 46.2 Å². The molecule has 3 N–H and O–H groups in total. The molecule has 5 nitrogen and oxygen atoms in total. The summed E-state index contributed by atoms with van der Waals surface area (Å²) in [6.07, 6.45) is -0.474. The number of benzene rings is 1. The molecular weight excluding hydrogens is 287 g/mol. The number of phenolic OH excluding ortho intramolecular Hbond substituents is 1. The van der Waals surface area contributed by atoms with E-state index >= 15 is 0 Å².